The van der Waals surface area contributed by atoms with Gasteiger partial charge in [-0.15, -0.1) is 0 Å². The Kier molecular flexibility index (Phi) is 7.89. The van der Waals surface area contributed by atoms with Gasteiger partial charge < -0.3 is 18.9 Å². The third-order valence-electron chi connectivity index (χ3n) is 5.12. The van der Waals surface area contributed by atoms with Crippen LogP contribution >= 0.6 is 0 Å². The van der Waals surface area contributed by atoms with Crippen LogP contribution in [0.1, 0.15) is 5.56 Å². The molecule has 0 saturated carbocycles. The van der Waals surface area contributed by atoms with Crippen LogP contribution in [-0.2, 0) is 10.0 Å². The molecule has 4 aromatic rings. The fourth-order valence-electron chi connectivity index (χ4n) is 3.33. The maximum atomic E-state index is 13.0. The Bertz CT molecular complexity index is 1510. The van der Waals surface area contributed by atoms with E-state index in [1.165, 1.54) is 20.3 Å². The Morgan fingerprint density at radius 2 is 1.51 bits per heavy atom. The normalized spacial score (nSPS) is 11.2. The Balaban J connectivity index is 1.81. The Labute approximate surface area is 215 Å². The molecule has 3 aromatic carbocycles. The zero-order valence-corrected chi connectivity index (χ0v) is 21.2. The minimum Gasteiger partial charge on any atom is -0.497 e. The highest BCUT2D eigenvalue weighted by atomic mass is 32.2. The van der Waals surface area contributed by atoms with Crippen molar-refractivity contribution in [2.45, 2.75) is 0 Å². The average molecular weight is 520 g/mol. The molecule has 10 heteroatoms. The third-order valence-corrected chi connectivity index (χ3v) is 6.09. The van der Waals surface area contributed by atoms with E-state index >= 15 is 0 Å². The summed E-state index contributed by atoms with van der Waals surface area (Å²) in [6.45, 7) is 0. The standard InChI is InChI=1S/C27H25N3O6S/c1-33-21-13-9-12-20(18-21)25-28-26(30-37(31,32)17-16-19-10-5-4-6-11-19)24(27(29-25)35-3)36-23-15-8-7-14-22(23)34-2/h4-18H,1-3H3,(H,28,29,30). The SMILES string of the molecule is COc1cccc(-c2nc(NS(=O)(=O)C=Cc3ccccc3)c(Oc3ccccc3OC)c(OC)n2)c1. The van der Waals surface area contributed by atoms with Crippen LogP contribution in [0.2, 0.25) is 0 Å². The van der Waals surface area contributed by atoms with Gasteiger partial charge in [0.05, 0.1) is 26.7 Å². The van der Waals surface area contributed by atoms with Gasteiger partial charge in [0.25, 0.3) is 15.9 Å². The zero-order valence-electron chi connectivity index (χ0n) is 20.4. The second-order valence-corrected chi connectivity index (χ2v) is 9.15. The summed E-state index contributed by atoms with van der Waals surface area (Å²) in [7, 11) is 0.436. The summed E-state index contributed by atoms with van der Waals surface area (Å²) in [6, 6.07) is 23.0. The van der Waals surface area contributed by atoms with Crippen LogP contribution in [0.15, 0.2) is 84.3 Å². The van der Waals surface area contributed by atoms with Crippen LogP contribution in [-0.4, -0.2) is 39.7 Å². The molecule has 0 aliphatic rings. The van der Waals surface area contributed by atoms with Crippen molar-refractivity contribution in [3.8, 4) is 40.3 Å². The maximum absolute atomic E-state index is 13.0. The van der Waals surface area contributed by atoms with Crippen molar-refractivity contribution >= 4 is 21.9 Å². The number of para-hydroxylation sites is 2. The first-order valence-corrected chi connectivity index (χ1v) is 12.6. The van der Waals surface area contributed by atoms with E-state index in [0.717, 1.165) is 11.0 Å². The van der Waals surface area contributed by atoms with Crippen LogP contribution in [0.3, 0.4) is 0 Å². The number of benzene rings is 3. The van der Waals surface area contributed by atoms with Crippen molar-refractivity contribution in [2.75, 3.05) is 26.1 Å². The number of nitrogens with one attached hydrogen (secondary N) is 1. The van der Waals surface area contributed by atoms with Gasteiger partial charge in [-0.1, -0.05) is 54.6 Å². The number of methoxy groups -OCH3 is 3. The van der Waals surface area contributed by atoms with Crippen molar-refractivity contribution in [1.29, 1.82) is 0 Å². The second kappa shape index (κ2) is 11.4. The number of anilines is 1. The number of ether oxygens (including phenoxy) is 4. The highest BCUT2D eigenvalue weighted by molar-refractivity contribution is 7.95. The summed E-state index contributed by atoms with van der Waals surface area (Å²) in [6.07, 6.45) is 1.48. The van der Waals surface area contributed by atoms with E-state index in [2.05, 4.69) is 14.7 Å². The molecule has 190 valence electrons. The number of rotatable bonds is 10. The number of nitrogens with zero attached hydrogens (tertiary/aromatic N) is 2. The van der Waals surface area contributed by atoms with Crippen LogP contribution < -0.4 is 23.7 Å². The molecule has 0 atom stereocenters. The van der Waals surface area contributed by atoms with E-state index in [9.17, 15) is 8.42 Å². The van der Waals surface area contributed by atoms with E-state index in [1.54, 1.807) is 67.8 Å². The molecular formula is C27H25N3O6S. The first-order valence-electron chi connectivity index (χ1n) is 11.1. The van der Waals surface area contributed by atoms with E-state index in [4.69, 9.17) is 18.9 Å². The van der Waals surface area contributed by atoms with Gasteiger partial charge in [0, 0.05) is 5.56 Å². The van der Waals surface area contributed by atoms with Crippen molar-refractivity contribution in [3.63, 3.8) is 0 Å². The van der Waals surface area contributed by atoms with Crippen LogP contribution in [0, 0.1) is 0 Å². The first kappa shape index (κ1) is 25.5. The largest absolute Gasteiger partial charge is 0.497 e. The third kappa shape index (κ3) is 6.36. The molecule has 0 bridgehead atoms. The molecule has 0 amide bonds. The molecule has 0 fully saturated rings. The summed E-state index contributed by atoms with van der Waals surface area (Å²) >= 11 is 0. The van der Waals surface area contributed by atoms with Gasteiger partial charge in [0.1, 0.15) is 5.75 Å². The minimum atomic E-state index is -4.01. The van der Waals surface area contributed by atoms with Gasteiger partial charge in [0.15, 0.2) is 23.1 Å². The molecule has 1 aromatic heterocycles. The molecule has 0 saturated heterocycles. The Morgan fingerprint density at radius 3 is 2.22 bits per heavy atom. The number of sulfonamides is 1. The van der Waals surface area contributed by atoms with Gasteiger partial charge in [-0.05, 0) is 35.9 Å². The van der Waals surface area contributed by atoms with Gasteiger partial charge in [-0.2, -0.15) is 4.98 Å². The number of hydrogen-bond acceptors (Lipinski definition) is 8. The summed E-state index contributed by atoms with van der Waals surface area (Å²) in [5.41, 5.74) is 1.30. The van der Waals surface area contributed by atoms with E-state index in [-0.39, 0.29) is 23.3 Å². The fraction of sp³-hybridized carbons (Fsp3) is 0.111. The topological polar surface area (TPSA) is 109 Å². The van der Waals surface area contributed by atoms with Crippen LogP contribution in [0.4, 0.5) is 5.82 Å². The fourth-order valence-corrected chi connectivity index (χ4v) is 4.15. The molecule has 0 unspecified atom stereocenters. The smallest absolute Gasteiger partial charge is 0.263 e. The molecule has 1 N–H and O–H groups in total. The monoisotopic (exact) mass is 519 g/mol. The first-order chi connectivity index (χ1) is 17.9. The second-order valence-electron chi connectivity index (χ2n) is 7.58. The summed E-state index contributed by atoms with van der Waals surface area (Å²) in [5.74, 6) is 1.41. The predicted octanol–water partition coefficient (Wildman–Crippen LogP) is 5.37. The lowest BCUT2D eigenvalue weighted by Crippen LogP contribution is -2.13. The number of hydrogen-bond donors (Lipinski definition) is 1. The van der Waals surface area contributed by atoms with Crippen molar-refractivity contribution < 1.29 is 27.4 Å². The molecule has 37 heavy (non-hydrogen) atoms. The minimum absolute atomic E-state index is 0.0171. The zero-order chi connectivity index (χ0) is 26.3. The van der Waals surface area contributed by atoms with Gasteiger partial charge in [-0.25, -0.2) is 13.4 Å². The maximum Gasteiger partial charge on any atom is 0.263 e. The summed E-state index contributed by atoms with van der Waals surface area (Å²) < 4.78 is 50.8. The highest BCUT2D eigenvalue weighted by Crippen LogP contribution is 2.41. The molecule has 0 aliphatic carbocycles. The molecule has 0 aliphatic heterocycles. The van der Waals surface area contributed by atoms with Crippen molar-refractivity contribution in [3.05, 3.63) is 89.8 Å². The molecular weight excluding hydrogens is 494 g/mol. The lowest BCUT2D eigenvalue weighted by atomic mass is 10.2. The van der Waals surface area contributed by atoms with E-state index < -0.39 is 10.0 Å². The van der Waals surface area contributed by atoms with Crippen LogP contribution in [0.5, 0.6) is 28.9 Å². The Morgan fingerprint density at radius 1 is 0.784 bits per heavy atom. The molecule has 0 spiro atoms. The van der Waals surface area contributed by atoms with Gasteiger partial charge >= 0.3 is 0 Å². The summed E-state index contributed by atoms with van der Waals surface area (Å²) in [4.78, 5) is 8.95. The van der Waals surface area contributed by atoms with E-state index in [1.807, 2.05) is 18.2 Å². The molecule has 1 heterocycles. The van der Waals surface area contributed by atoms with Gasteiger partial charge in [0.2, 0.25) is 5.75 Å². The number of aromatic nitrogens is 2. The van der Waals surface area contributed by atoms with E-state index in [0.29, 0.717) is 22.8 Å². The molecule has 9 nitrogen and oxygen atoms in total. The van der Waals surface area contributed by atoms with Crippen molar-refractivity contribution in [2.24, 2.45) is 0 Å². The highest BCUT2D eigenvalue weighted by Gasteiger charge is 2.23. The summed E-state index contributed by atoms with van der Waals surface area (Å²) in [5, 5.41) is 1.05. The van der Waals surface area contributed by atoms with Gasteiger partial charge in [-0.3, -0.25) is 4.72 Å². The molecule has 4 rings (SSSR count). The Hall–Kier alpha value is -4.57. The van der Waals surface area contributed by atoms with Crippen molar-refractivity contribution in [1.82, 2.24) is 9.97 Å². The predicted molar refractivity (Wildman–Crippen MR) is 142 cm³/mol. The lowest BCUT2D eigenvalue weighted by molar-refractivity contribution is 0.348. The quantitative estimate of drug-likeness (QED) is 0.298. The lowest BCUT2D eigenvalue weighted by Gasteiger charge is -2.17. The molecule has 0 radical (unpaired) electrons. The van der Waals surface area contributed by atoms with Crippen LogP contribution in [0.25, 0.3) is 17.5 Å². The average Bonchev–Trinajstić information content (AvgIpc) is 2.93.